The molecule has 27 heavy (non-hydrogen) atoms. The highest BCUT2D eigenvalue weighted by Gasteiger charge is 2.39. The maximum Gasteiger partial charge on any atom is 0.317 e. The predicted octanol–water partition coefficient (Wildman–Crippen LogP) is 2.14. The Morgan fingerprint density at radius 3 is 2.78 bits per heavy atom. The lowest BCUT2D eigenvalue weighted by Crippen LogP contribution is -2.39. The number of likely N-dealkylation sites (tertiary alicyclic amines) is 1. The highest BCUT2D eigenvalue weighted by Crippen LogP contribution is 2.33. The lowest BCUT2D eigenvalue weighted by Gasteiger charge is -2.17. The SMILES string of the molecule is COCCCNC(=O)N1C[C@@H](COC)[C@H](c2nnc(-c3ccccc3)o2)C1. The number of urea groups is 1. The summed E-state index contributed by atoms with van der Waals surface area (Å²) < 4.78 is 16.3. The Bertz CT molecular complexity index is 722. The summed E-state index contributed by atoms with van der Waals surface area (Å²) in [5.74, 6) is 1.11. The lowest BCUT2D eigenvalue weighted by atomic mass is 9.97. The first-order valence-corrected chi connectivity index (χ1v) is 9.12. The van der Waals surface area contributed by atoms with Crippen LogP contribution in [0.25, 0.3) is 11.5 Å². The number of benzene rings is 1. The molecule has 0 saturated carbocycles. The third-order valence-electron chi connectivity index (χ3n) is 4.69. The molecule has 1 aromatic heterocycles. The number of rotatable bonds is 8. The lowest BCUT2D eigenvalue weighted by molar-refractivity contribution is 0.144. The smallest absolute Gasteiger partial charge is 0.317 e. The number of methoxy groups -OCH3 is 2. The molecule has 1 fully saturated rings. The summed E-state index contributed by atoms with van der Waals surface area (Å²) in [5, 5.41) is 11.3. The Balaban J connectivity index is 1.67. The number of carbonyl (C=O) groups excluding carboxylic acids is 1. The molecule has 2 amide bonds. The van der Waals surface area contributed by atoms with Gasteiger partial charge in [0.1, 0.15) is 0 Å². The standard InChI is InChI=1S/C19H26N4O4/c1-25-10-6-9-20-19(24)23-11-15(13-26-2)16(12-23)18-22-21-17(27-18)14-7-4-3-5-8-14/h3-5,7-8,15-16H,6,9-13H2,1-2H3,(H,20,24)/t15-,16+/m0/s1. The summed E-state index contributed by atoms with van der Waals surface area (Å²) in [5.41, 5.74) is 0.880. The minimum absolute atomic E-state index is 0.0420. The van der Waals surface area contributed by atoms with Crippen LogP contribution in [-0.2, 0) is 9.47 Å². The van der Waals surface area contributed by atoms with Crippen LogP contribution in [0, 0.1) is 5.92 Å². The van der Waals surface area contributed by atoms with Crippen LogP contribution in [0.3, 0.4) is 0 Å². The molecule has 0 bridgehead atoms. The first-order chi connectivity index (χ1) is 13.2. The summed E-state index contributed by atoms with van der Waals surface area (Å²) in [6.45, 7) is 2.86. The van der Waals surface area contributed by atoms with Crippen LogP contribution < -0.4 is 5.32 Å². The van der Waals surface area contributed by atoms with E-state index in [0.29, 0.717) is 44.6 Å². The van der Waals surface area contributed by atoms with Gasteiger partial charge in [-0.25, -0.2) is 4.79 Å². The third-order valence-corrected chi connectivity index (χ3v) is 4.69. The van der Waals surface area contributed by atoms with Gasteiger partial charge in [0.15, 0.2) is 0 Å². The Kier molecular flexibility index (Phi) is 6.78. The predicted molar refractivity (Wildman–Crippen MR) is 99.3 cm³/mol. The number of carbonyl (C=O) groups is 1. The molecule has 1 aliphatic rings. The molecule has 8 heteroatoms. The van der Waals surface area contributed by atoms with Crippen LogP contribution in [0.15, 0.2) is 34.7 Å². The van der Waals surface area contributed by atoms with Crippen LogP contribution in [-0.4, -0.2) is 68.2 Å². The molecule has 2 atom stereocenters. The Hall–Kier alpha value is -2.45. The molecule has 0 radical (unpaired) electrons. The molecule has 8 nitrogen and oxygen atoms in total. The van der Waals surface area contributed by atoms with E-state index in [1.54, 1.807) is 19.1 Å². The second-order valence-corrected chi connectivity index (χ2v) is 6.62. The number of ether oxygens (including phenoxy) is 2. The van der Waals surface area contributed by atoms with Crippen molar-refractivity contribution in [2.45, 2.75) is 12.3 Å². The molecule has 0 unspecified atom stereocenters. The molecule has 2 heterocycles. The molecular weight excluding hydrogens is 348 g/mol. The fourth-order valence-corrected chi connectivity index (χ4v) is 3.31. The van der Waals surface area contributed by atoms with E-state index in [0.717, 1.165) is 12.0 Å². The maximum atomic E-state index is 12.4. The highest BCUT2D eigenvalue weighted by molar-refractivity contribution is 5.74. The van der Waals surface area contributed by atoms with Crippen LogP contribution in [0.4, 0.5) is 4.79 Å². The van der Waals surface area contributed by atoms with Crippen molar-refractivity contribution >= 4 is 6.03 Å². The maximum absolute atomic E-state index is 12.4. The molecular formula is C19H26N4O4. The summed E-state index contributed by atoms with van der Waals surface area (Å²) >= 11 is 0. The Labute approximate surface area is 158 Å². The molecule has 1 N–H and O–H groups in total. The largest absolute Gasteiger partial charge is 0.420 e. The van der Waals surface area contributed by atoms with Gasteiger partial charge in [-0.2, -0.15) is 0 Å². The second kappa shape index (κ2) is 9.48. The molecule has 0 spiro atoms. The zero-order valence-electron chi connectivity index (χ0n) is 15.8. The minimum Gasteiger partial charge on any atom is -0.420 e. The van der Waals surface area contributed by atoms with E-state index in [1.165, 1.54) is 0 Å². The van der Waals surface area contributed by atoms with Crippen LogP contribution >= 0.6 is 0 Å². The van der Waals surface area contributed by atoms with Crippen molar-refractivity contribution in [3.8, 4) is 11.5 Å². The van der Waals surface area contributed by atoms with Gasteiger partial charge in [-0.05, 0) is 18.6 Å². The van der Waals surface area contributed by atoms with Crippen molar-refractivity contribution in [3.63, 3.8) is 0 Å². The first kappa shape index (κ1) is 19.3. The summed E-state index contributed by atoms with van der Waals surface area (Å²) in [6, 6.07) is 9.57. The topological polar surface area (TPSA) is 89.7 Å². The molecule has 1 saturated heterocycles. The van der Waals surface area contributed by atoms with E-state index in [9.17, 15) is 4.79 Å². The summed E-state index contributed by atoms with van der Waals surface area (Å²) in [4.78, 5) is 14.2. The van der Waals surface area contributed by atoms with Crippen molar-refractivity contribution in [2.24, 2.45) is 5.92 Å². The Morgan fingerprint density at radius 2 is 2.04 bits per heavy atom. The van der Waals surface area contributed by atoms with Gasteiger partial charge in [-0.3, -0.25) is 0 Å². The van der Waals surface area contributed by atoms with E-state index < -0.39 is 0 Å². The fourth-order valence-electron chi connectivity index (χ4n) is 3.31. The first-order valence-electron chi connectivity index (χ1n) is 9.12. The minimum atomic E-state index is -0.0856. The van der Waals surface area contributed by atoms with Crippen LogP contribution in [0.1, 0.15) is 18.2 Å². The number of aromatic nitrogens is 2. The molecule has 3 rings (SSSR count). The average Bonchev–Trinajstić information content (AvgIpc) is 3.33. The zero-order chi connectivity index (χ0) is 19.1. The van der Waals surface area contributed by atoms with E-state index in [4.69, 9.17) is 13.9 Å². The van der Waals surface area contributed by atoms with Crippen molar-refractivity contribution in [3.05, 3.63) is 36.2 Å². The quantitative estimate of drug-likeness (QED) is 0.712. The number of amides is 2. The normalized spacial score (nSPS) is 19.4. The van der Waals surface area contributed by atoms with E-state index in [-0.39, 0.29) is 17.9 Å². The molecule has 1 aromatic carbocycles. The van der Waals surface area contributed by atoms with E-state index >= 15 is 0 Å². The molecule has 1 aliphatic heterocycles. The number of nitrogens with zero attached hydrogens (tertiary/aromatic N) is 3. The van der Waals surface area contributed by atoms with E-state index in [2.05, 4.69) is 15.5 Å². The van der Waals surface area contributed by atoms with Gasteiger partial charge < -0.3 is 24.1 Å². The van der Waals surface area contributed by atoms with E-state index in [1.807, 2.05) is 30.3 Å². The number of hydrogen-bond donors (Lipinski definition) is 1. The van der Waals surface area contributed by atoms with Crippen LogP contribution in [0.2, 0.25) is 0 Å². The highest BCUT2D eigenvalue weighted by atomic mass is 16.5. The van der Waals surface area contributed by atoms with Gasteiger partial charge in [0.05, 0.1) is 12.5 Å². The van der Waals surface area contributed by atoms with Gasteiger partial charge in [0, 0.05) is 51.9 Å². The second-order valence-electron chi connectivity index (χ2n) is 6.62. The number of hydrogen-bond acceptors (Lipinski definition) is 6. The average molecular weight is 374 g/mol. The van der Waals surface area contributed by atoms with Crippen LogP contribution in [0.5, 0.6) is 0 Å². The summed E-state index contributed by atoms with van der Waals surface area (Å²) in [6.07, 6.45) is 0.783. The van der Waals surface area contributed by atoms with Gasteiger partial charge in [-0.15, -0.1) is 10.2 Å². The number of nitrogens with one attached hydrogen (secondary N) is 1. The van der Waals surface area contributed by atoms with Crippen molar-refractivity contribution in [1.29, 1.82) is 0 Å². The fraction of sp³-hybridized carbons (Fsp3) is 0.526. The van der Waals surface area contributed by atoms with Crippen molar-refractivity contribution in [1.82, 2.24) is 20.4 Å². The molecule has 2 aromatic rings. The monoisotopic (exact) mass is 374 g/mol. The van der Waals surface area contributed by atoms with Gasteiger partial charge in [0.25, 0.3) is 0 Å². The van der Waals surface area contributed by atoms with Gasteiger partial charge in [-0.1, -0.05) is 18.2 Å². The zero-order valence-corrected chi connectivity index (χ0v) is 15.8. The van der Waals surface area contributed by atoms with Gasteiger partial charge in [0.2, 0.25) is 11.8 Å². The van der Waals surface area contributed by atoms with Crippen molar-refractivity contribution < 1.29 is 18.7 Å². The van der Waals surface area contributed by atoms with Gasteiger partial charge >= 0.3 is 6.03 Å². The Morgan fingerprint density at radius 1 is 1.22 bits per heavy atom. The third kappa shape index (κ3) is 4.84. The summed E-state index contributed by atoms with van der Waals surface area (Å²) in [7, 11) is 3.31. The molecule has 146 valence electrons. The molecule has 0 aliphatic carbocycles. The van der Waals surface area contributed by atoms with Crippen molar-refractivity contribution in [2.75, 3.05) is 47.1 Å².